The molecule has 38 heavy (non-hydrogen) atoms. The van der Waals surface area contributed by atoms with Gasteiger partial charge < -0.3 is 20.6 Å². The number of carbonyl (C=O) groups is 1. The summed E-state index contributed by atoms with van der Waals surface area (Å²) >= 11 is 0. The quantitative estimate of drug-likeness (QED) is 0.301. The van der Waals surface area contributed by atoms with Crippen molar-refractivity contribution in [1.29, 1.82) is 0 Å². The lowest BCUT2D eigenvalue weighted by Crippen LogP contribution is -2.47. The number of rotatable bonds is 8. The average Bonchev–Trinajstić information content (AvgIpc) is 2.91. The van der Waals surface area contributed by atoms with E-state index in [9.17, 15) is 9.90 Å². The molecule has 1 fully saturated rings. The first-order valence-electron chi connectivity index (χ1n) is 13.4. The van der Waals surface area contributed by atoms with Gasteiger partial charge in [-0.1, -0.05) is 78.9 Å². The van der Waals surface area contributed by atoms with Gasteiger partial charge in [-0.2, -0.15) is 0 Å². The van der Waals surface area contributed by atoms with E-state index in [1.54, 1.807) is 0 Å². The molecule has 1 saturated heterocycles. The minimum Gasteiger partial charge on any atom is -0.389 e. The monoisotopic (exact) mass is 508 g/mol. The second-order valence-corrected chi connectivity index (χ2v) is 10.4. The molecule has 0 atom stereocenters. The van der Waals surface area contributed by atoms with E-state index in [4.69, 9.17) is 4.98 Å². The molecule has 1 aliphatic heterocycles. The molecule has 3 N–H and O–H groups in total. The molecular formula is C32H36N4O2. The first kappa shape index (κ1) is 25.9. The van der Waals surface area contributed by atoms with Crippen molar-refractivity contribution in [3.63, 3.8) is 0 Å². The predicted octanol–water partition coefficient (Wildman–Crippen LogP) is 5.33. The average molecular weight is 509 g/mol. The highest BCUT2D eigenvalue weighted by molar-refractivity contribution is 6.01. The predicted molar refractivity (Wildman–Crippen MR) is 154 cm³/mol. The van der Waals surface area contributed by atoms with Gasteiger partial charge in [0, 0.05) is 43.7 Å². The van der Waals surface area contributed by atoms with Gasteiger partial charge in [0.05, 0.1) is 16.8 Å². The number of nitrogens with one attached hydrogen (secondary N) is 2. The molecule has 1 aliphatic rings. The number of pyridine rings is 1. The highest BCUT2D eigenvalue weighted by atomic mass is 16.3. The molecule has 0 bridgehead atoms. The Balaban J connectivity index is 1.15. The van der Waals surface area contributed by atoms with Crippen molar-refractivity contribution in [1.82, 2.24) is 15.2 Å². The lowest BCUT2D eigenvalue weighted by atomic mass is 9.85. The maximum Gasteiger partial charge on any atom is 0.319 e. The minimum atomic E-state index is -0.651. The molecule has 6 heteroatoms. The van der Waals surface area contributed by atoms with Crippen LogP contribution in [0.4, 0.5) is 10.5 Å². The Labute approximate surface area is 224 Å². The largest absolute Gasteiger partial charge is 0.389 e. The molecular weight excluding hydrogens is 472 g/mol. The number of aliphatic hydroxyl groups is 1. The van der Waals surface area contributed by atoms with Crippen molar-refractivity contribution >= 4 is 22.6 Å². The van der Waals surface area contributed by atoms with E-state index >= 15 is 0 Å². The topological polar surface area (TPSA) is 77.5 Å². The molecule has 6 nitrogen and oxygen atoms in total. The fourth-order valence-electron chi connectivity index (χ4n) is 5.34. The fourth-order valence-corrected chi connectivity index (χ4v) is 5.34. The highest BCUT2D eigenvalue weighted by Crippen LogP contribution is 2.28. The van der Waals surface area contributed by atoms with E-state index < -0.39 is 5.60 Å². The Morgan fingerprint density at radius 2 is 1.63 bits per heavy atom. The van der Waals surface area contributed by atoms with Crippen LogP contribution in [0.25, 0.3) is 10.9 Å². The van der Waals surface area contributed by atoms with Crippen LogP contribution >= 0.6 is 0 Å². The number of fused-ring (bicyclic) bond motifs is 1. The molecule has 5 rings (SSSR count). The van der Waals surface area contributed by atoms with Gasteiger partial charge >= 0.3 is 6.03 Å². The van der Waals surface area contributed by atoms with E-state index in [2.05, 4.69) is 45.9 Å². The van der Waals surface area contributed by atoms with Gasteiger partial charge in [-0.25, -0.2) is 4.79 Å². The van der Waals surface area contributed by atoms with Crippen molar-refractivity contribution in [2.24, 2.45) is 0 Å². The number of carbonyl (C=O) groups excluding carboxylic acids is 1. The molecule has 0 unspecified atom stereocenters. The van der Waals surface area contributed by atoms with Gasteiger partial charge in [0.1, 0.15) is 0 Å². The number of hydrogen-bond acceptors (Lipinski definition) is 4. The van der Waals surface area contributed by atoms with E-state index in [1.165, 1.54) is 11.1 Å². The first-order valence-corrected chi connectivity index (χ1v) is 13.4. The van der Waals surface area contributed by atoms with Crippen LogP contribution in [0.15, 0.2) is 84.9 Å². The summed E-state index contributed by atoms with van der Waals surface area (Å²) in [6.45, 7) is 4.91. The molecule has 2 heterocycles. The van der Waals surface area contributed by atoms with Crippen LogP contribution in [0.1, 0.15) is 35.2 Å². The smallest absolute Gasteiger partial charge is 0.319 e. The molecule has 3 aromatic carbocycles. The Hall–Kier alpha value is -3.74. The summed E-state index contributed by atoms with van der Waals surface area (Å²) < 4.78 is 0. The summed E-state index contributed by atoms with van der Waals surface area (Å²) in [5, 5.41) is 18.0. The number of aryl methyl sites for hydroxylation is 1. The number of likely N-dealkylation sites (tertiary alicyclic amines) is 1. The molecule has 0 saturated carbocycles. The van der Waals surface area contributed by atoms with E-state index in [-0.39, 0.29) is 6.03 Å². The standard InChI is InChI=1S/C32H36N4O2/c1-24-21-29(28-14-8-13-27(30(28)34-24)22-25-9-4-2-5-10-25)35-31(37)33-17-20-36-18-15-32(38,16-19-36)23-26-11-6-3-7-12-26/h2-14,21,38H,15-20,22-23H2,1H3,(H2,33,34,35,37). The molecule has 0 aliphatic carbocycles. The lowest BCUT2D eigenvalue weighted by molar-refractivity contribution is -0.0201. The van der Waals surface area contributed by atoms with Gasteiger partial charge in [0.2, 0.25) is 0 Å². The summed E-state index contributed by atoms with van der Waals surface area (Å²) in [5.41, 5.74) is 5.44. The number of amides is 2. The molecule has 196 valence electrons. The van der Waals surface area contributed by atoms with Crippen LogP contribution in [0.5, 0.6) is 0 Å². The Morgan fingerprint density at radius 3 is 2.34 bits per heavy atom. The molecule has 4 aromatic rings. The second kappa shape index (κ2) is 11.8. The minimum absolute atomic E-state index is 0.219. The van der Waals surface area contributed by atoms with Gasteiger partial charge in [0.15, 0.2) is 0 Å². The van der Waals surface area contributed by atoms with Crippen LogP contribution in [-0.4, -0.2) is 52.8 Å². The van der Waals surface area contributed by atoms with E-state index in [0.717, 1.165) is 66.7 Å². The number of piperidine rings is 1. The Kier molecular flexibility index (Phi) is 8.01. The fraction of sp³-hybridized carbons (Fsp3) is 0.312. The van der Waals surface area contributed by atoms with Crippen LogP contribution in [-0.2, 0) is 12.8 Å². The third-order valence-corrected chi connectivity index (χ3v) is 7.41. The van der Waals surface area contributed by atoms with Gasteiger partial charge in [-0.3, -0.25) is 4.98 Å². The number of benzene rings is 3. The van der Waals surface area contributed by atoms with Crippen molar-refractivity contribution < 1.29 is 9.90 Å². The Bertz CT molecular complexity index is 1370. The van der Waals surface area contributed by atoms with E-state index in [1.807, 2.05) is 61.5 Å². The van der Waals surface area contributed by atoms with Crippen molar-refractivity contribution in [3.8, 4) is 0 Å². The summed E-state index contributed by atoms with van der Waals surface area (Å²) in [6.07, 6.45) is 2.95. The summed E-state index contributed by atoms with van der Waals surface area (Å²) in [5.74, 6) is 0. The Morgan fingerprint density at radius 1 is 0.947 bits per heavy atom. The van der Waals surface area contributed by atoms with Crippen LogP contribution < -0.4 is 10.6 Å². The third kappa shape index (κ3) is 6.57. The number of anilines is 1. The SMILES string of the molecule is Cc1cc(NC(=O)NCCN2CCC(O)(Cc3ccccc3)CC2)c2cccc(Cc3ccccc3)c2n1. The van der Waals surface area contributed by atoms with Gasteiger partial charge in [-0.15, -0.1) is 0 Å². The van der Waals surface area contributed by atoms with Gasteiger partial charge in [0.25, 0.3) is 0 Å². The normalized spacial score (nSPS) is 15.3. The van der Waals surface area contributed by atoms with Crippen molar-refractivity contribution in [3.05, 3.63) is 107 Å². The summed E-state index contributed by atoms with van der Waals surface area (Å²) in [6, 6.07) is 28.4. The summed E-state index contributed by atoms with van der Waals surface area (Å²) in [7, 11) is 0. The molecule has 1 aromatic heterocycles. The molecule has 2 amide bonds. The maximum atomic E-state index is 12.8. The molecule has 0 spiro atoms. The zero-order chi connectivity index (χ0) is 26.4. The van der Waals surface area contributed by atoms with Crippen LogP contribution in [0, 0.1) is 6.92 Å². The zero-order valence-corrected chi connectivity index (χ0v) is 22.0. The second-order valence-electron chi connectivity index (χ2n) is 10.4. The van der Waals surface area contributed by atoms with Gasteiger partial charge in [-0.05, 0) is 48.9 Å². The number of hydrogen-bond donors (Lipinski definition) is 3. The van der Waals surface area contributed by atoms with Crippen LogP contribution in [0.2, 0.25) is 0 Å². The van der Waals surface area contributed by atoms with Crippen molar-refractivity contribution in [2.75, 3.05) is 31.5 Å². The lowest BCUT2D eigenvalue weighted by Gasteiger charge is -2.38. The van der Waals surface area contributed by atoms with E-state index in [0.29, 0.717) is 13.0 Å². The van der Waals surface area contributed by atoms with Crippen LogP contribution in [0.3, 0.4) is 0 Å². The first-order chi connectivity index (χ1) is 18.5. The van der Waals surface area contributed by atoms with Crippen molar-refractivity contribution in [2.45, 2.75) is 38.2 Å². The third-order valence-electron chi connectivity index (χ3n) is 7.41. The number of aromatic nitrogens is 1. The number of para-hydroxylation sites is 1. The zero-order valence-electron chi connectivity index (χ0n) is 22.0. The summed E-state index contributed by atoms with van der Waals surface area (Å²) in [4.78, 5) is 19.9. The molecule has 0 radical (unpaired) electrons. The highest BCUT2D eigenvalue weighted by Gasteiger charge is 2.32. The number of nitrogens with zero attached hydrogens (tertiary/aromatic N) is 2. The number of urea groups is 1. The maximum absolute atomic E-state index is 12.8.